The van der Waals surface area contributed by atoms with Crippen LogP contribution in [0.2, 0.25) is 0 Å². The van der Waals surface area contributed by atoms with Crippen molar-refractivity contribution in [2.45, 2.75) is 41.5 Å². The van der Waals surface area contributed by atoms with E-state index in [2.05, 4.69) is 124 Å². The van der Waals surface area contributed by atoms with Gasteiger partial charge in [-0.2, -0.15) is 0 Å². The number of rotatable bonds is 2. The molecule has 6 rings (SSSR count). The van der Waals surface area contributed by atoms with Crippen LogP contribution in [0.25, 0.3) is 11.6 Å². The fourth-order valence-corrected chi connectivity index (χ4v) is 13.5. The van der Waals surface area contributed by atoms with E-state index in [4.69, 9.17) is 19.4 Å². The summed E-state index contributed by atoms with van der Waals surface area (Å²) in [5.41, 5.74) is 14.9. The van der Waals surface area contributed by atoms with E-state index >= 15 is 0 Å². The standard InChI is InChI=1S/C21H26N2.C13H8.2ClH.Ru/c1-14-9-16(3)20(17(4)10-14)22-7-8-23(13-22)21-18(5)11-15(2)12-19(21)6;1-3-7-12-10(5-1)9-11-6-2-4-8-13(11)12;;;/h9-12H,7-8H2,1-6H3;1-5,7-9H;2*1H;/q;;;;+2/p-2. The molecule has 0 saturated carbocycles. The van der Waals surface area contributed by atoms with Gasteiger partial charge in [-0.3, -0.25) is 0 Å². The first-order valence-electron chi connectivity index (χ1n) is 13.4. The van der Waals surface area contributed by atoms with Crippen molar-refractivity contribution in [2.24, 2.45) is 0 Å². The van der Waals surface area contributed by atoms with Gasteiger partial charge in [0.15, 0.2) is 0 Å². The van der Waals surface area contributed by atoms with Crippen molar-refractivity contribution >= 4 is 50.9 Å². The molecule has 0 radical (unpaired) electrons. The van der Waals surface area contributed by atoms with Gasteiger partial charge >= 0.3 is 244 Å². The Bertz CT molecular complexity index is 1660. The van der Waals surface area contributed by atoms with Crippen molar-refractivity contribution in [1.82, 2.24) is 0 Å². The zero-order chi connectivity index (χ0) is 27.6. The molecule has 1 fully saturated rings. The van der Waals surface area contributed by atoms with E-state index in [1.165, 1.54) is 67.0 Å². The molecular formula is C34H34Cl2N2Ru. The van der Waals surface area contributed by atoms with E-state index in [0.29, 0.717) is 0 Å². The van der Waals surface area contributed by atoms with Crippen LogP contribution in [0.1, 0.15) is 44.5 Å². The third-order valence-corrected chi connectivity index (χ3v) is 14.8. The molecule has 1 heterocycles. The van der Waals surface area contributed by atoms with Gasteiger partial charge in [0, 0.05) is 0 Å². The molecular weight excluding hydrogens is 608 g/mol. The summed E-state index contributed by atoms with van der Waals surface area (Å²) in [5, 5.41) is 0. The summed E-state index contributed by atoms with van der Waals surface area (Å²) in [6, 6.07) is 17.6. The Hall–Kier alpha value is -2.58. The zero-order valence-electron chi connectivity index (χ0n) is 23.3. The van der Waals surface area contributed by atoms with E-state index in [1.54, 1.807) is 0 Å². The number of hydrogen-bond acceptors (Lipinski definition) is 2. The summed E-state index contributed by atoms with van der Waals surface area (Å²) in [4.78, 5) is 4.88. The number of hydrogen-bond donors (Lipinski definition) is 0. The monoisotopic (exact) mass is 642 g/mol. The average Bonchev–Trinajstić information content (AvgIpc) is 3.45. The van der Waals surface area contributed by atoms with Gasteiger partial charge in [-0.25, -0.2) is 0 Å². The molecule has 0 bridgehead atoms. The summed E-state index contributed by atoms with van der Waals surface area (Å²) < 4.78 is 2.15. The summed E-state index contributed by atoms with van der Waals surface area (Å²) >= 11 is -3.71. The van der Waals surface area contributed by atoms with Gasteiger partial charge in [0.1, 0.15) is 0 Å². The molecule has 3 aliphatic rings. The number of anilines is 2. The summed E-state index contributed by atoms with van der Waals surface area (Å²) in [6.07, 6.45) is 8.76. The molecule has 2 aliphatic carbocycles. The molecule has 0 aromatic heterocycles. The molecule has 3 aromatic rings. The fourth-order valence-electron chi connectivity index (χ4n) is 6.58. The molecule has 1 saturated heterocycles. The summed E-state index contributed by atoms with van der Waals surface area (Å²) in [6.45, 7) is 14.8. The van der Waals surface area contributed by atoms with Crippen LogP contribution in [0, 0.1) is 41.5 Å². The number of nitrogens with zero attached hydrogens (tertiary/aromatic N) is 2. The Balaban J connectivity index is 1.68. The van der Waals surface area contributed by atoms with Crippen LogP contribution >= 0.6 is 19.4 Å². The molecule has 0 unspecified atom stereocenters. The molecule has 39 heavy (non-hydrogen) atoms. The average molecular weight is 643 g/mol. The molecule has 1 aliphatic heterocycles. The normalized spacial score (nSPS) is 16.9. The third-order valence-electron chi connectivity index (χ3n) is 7.82. The first-order chi connectivity index (χ1) is 18.6. The van der Waals surface area contributed by atoms with Crippen molar-refractivity contribution in [2.75, 3.05) is 22.9 Å². The van der Waals surface area contributed by atoms with Crippen LogP contribution in [-0.2, 0) is 11.9 Å². The van der Waals surface area contributed by atoms with Crippen molar-refractivity contribution in [3.8, 4) is 0 Å². The van der Waals surface area contributed by atoms with Crippen LogP contribution in [-0.4, -0.2) is 21.6 Å². The second-order valence-electron chi connectivity index (χ2n) is 10.9. The summed E-state index contributed by atoms with van der Waals surface area (Å²) in [7, 11) is 15.7. The molecule has 202 valence electrons. The van der Waals surface area contributed by atoms with Gasteiger partial charge in [0.05, 0.1) is 0 Å². The third kappa shape index (κ3) is 4.35. The number of halogens is 2. The summed E-state index contributed by atoms with van der Waals surface area (Å²) in [5.74, 6) is 0. The number of aryl methyl sites for hydroxylation is 6. The van der Waals surface area contributed by atoms with Gasteiger partial charge < -0.3 is 0 Å². The van der Waals surface area contributed by atoms with E-state index in [0.717, 1.165) is 21.6 Å². The van der Waals surface area contributed by atoms with E-state index in [-0.39, 0.29) is 0 Å². The molecule has 0 spiro atoms. The number of allylic oxidation sites excluding steroid dienone is 5. The van der Waals surface area contributed by atoms with Gasteiger partial charge in [-0.15, -0.1) is 0 Å². The Morgan fingerprint density at radius 2 is 1.21 bits per heavy atom. The van der Waals surface area contributed by atoms with Gasteiger partial charge in [-0.05, 0) is 0 Å². The van der Waals surface area contributed by atoms with Gasteiger partial charge in [-0.1, -0.05) is 0 Å². The molecule has 0 atom stereocenters. The van der Waals surface area contributed by atoms with Gasteiger partial charge in [0.25, 0.3) is 0 Å². The Labute approximate surface area is 242 Å². The molecule has 3 aromatic carbocycles. The predicted octanol–water partition coefficient (Wildman–Crippen LogP) is 8.64. The molecule has 0 amide bonds. The predicted molar refractivity (Wildman–Crippen MR) is 169 cm³/mol. The Morgan fingerprint density at radius 3 is 1.74 bits per heavy atom. The topological polar surface area (TPSA) is 6.48 Å². The maximum atomic E-state index is 7.85. The van der Waals surface area contributed by atoms with Crippen molar-refractivity contribution in [1.29, 1.82) is 0 Å². The molecule has 0 N–H and O–H groups in total. The van der Waals surface area contributed by atoms with Gasteiger partial charge in [0.2, 0.25) is 0 Å². The van der Waals surface area contributed by atoms with Crippen LogP contribution in [0.3, 0.4) is 0 Å². The van der Waals surface area contributed by atoms with Crippen molar-refractivity contribution in [3.05, 3.63) is 117 Å². The molecule has 5 heteroatoms. The van der Waals surface area contributed by atoms with Crippen molar-refractivity contribution in [3.63, 3.8) is 0 Å². The zero-order valence-corrected chi connectivity index (χ0v) is 26.6. The Morgan fingerprint density at radius 1 is 0.692 bits per heavy atom. The maximum absolute atomic E-state index is 7.85. The number of fused-ring (bicyclic) bond motifs is 3. The van der Waals surface area contributed by atoms with Crippen LogP contribution < -0.4 is 9.80 Å². The van der Waals surface area contributed by atoms with E-state index in [1.807, 2.05) is 0 Å². The first kappa shape index (κ1) is 26.6. The SMILES string of the molecule is Cc1cc(C)c(N2CCN(c3c(C)cc(C)cc3C)[C]2=[Ru]([Cl])([Cl])=[C]2C=CC=C3C2=Cc2ccccc23)c(C)c1. The van der Waals surface area contributed by atoms with E-state index < -0.39 is 11.9 Å². The fraction of sp³-hybridized carbons (Fsp3) is 0.235. The number of benzene rings is 3. The van der Waals surface area contributed by atoms with Crippen LogP contribution in [0.4, 0.5) is 11.4 Å². The van der Waals surface area contributed by atoms with Crippen molar-refractivity contribution < 1.29 is 11.9 Å². The quantitative estimate of drug-likeness (QED) is 0.258. The Kier molecular flexibility index (Phi) is 6.70. The first-order valence-corrected chi connectivity index (χ1v) is 19.6. The minimum atomic E-state index is -3.71. The van der Waals surface area contributed by atoms with Crippen LogP contribution in [0.15, 0.2) is 72.3 Å². The van der Waals surface area contributed by atoms with E-state index in [9.17, 15) is 0 Å². The molecule has 2 nitrogen and oxygen atoms in total. The van der Waals surface area contributed by atoms with Crippen LogP contribution in [0.5, 0.6) is 0 Å². The second-order valence-corrected chi connectivity index (χ2v) is 20.1. The second kappa shape index (κ2) is 9.81. The minimum absolute atomic E-state index is 0.841.